The zero-order valence-corrected chi connectivity index (χ0v) is 14.4. The minimum atomic E-state index is 0. The van der Waals surface area contributed by atoms with Gasteiger partial charge in [0.25, 0.3) is 5.91 Å². The van der Waals surface area contributed by atoms with Crippen LogP contribution in [0.3, 0.4) is 0 Å². The van der Waals surface area contributed by atoms with Gasteiger partial charge in [0.15, 0.2) is 0 Å². The Bertz CT molecular complexity index is 619. The first-order chi connectivity index (χ1) is 10.7. The fraction of sp³-hybridized carbons (Fsp3) is 0.333. The van der Waals surface area contributed by atoms with Crippen molar-refractivity contribution in [1.82, 2.24) is 9.88 Å². The van der Waals surface area contributed by atoms with Gasteiger partial charge in [0, 0.05) is 30.9 Å². The fourth-order valence-corrected chi connectivity index (χ4v) is 2.32. The van der Waals surface area contributed by atoms with Gasteiger partial charge in [0.1, 0.15) is 0 Å². The van der Waals surface area contributed by atoms with Crippen molar-refractivity contribution in [3.63, 3.8) is 0 Å². The molecule has 0 radical (unpaired) electrons. The largest absolute Gasteiger partial charge is 0.332 e. The number of nitrogens with zero attached hydrogens (tertiary/aromatic N) is 2. The molecule has 2 aromatic rings. The van der Waals surface area contributed by atoms with Crippen molar-refractivity contribution in [2.45, 2.75) is 39.4 Å². The maximum absolute atomic E-state index is 12.9. The van der Waals surface area contributed by atoms with Crippen LogP contribution < -0.4 is 5.73 Å². The predicted octanol–water partition coefficient (Wildman–Crippen LogP) is 3.40. The van der Waals surface area contributed by atoms with Crippen LogP contribution in [0.15, 0.2) is 48.7 Å². The van der Waals surface area contributed by atoms with Gasteiger partial charge in [0.2, 0.25) is 0 Å². The van der Waals surface area contributed by atoms with E-state index in [9.17, 15) is 4.79 Å². The van der Waals surface area contributed by atoms with Crippen LogP contribution in [-0.2, 0) is 13.1 Å². The van der Waals surface area contributed by atoms with E-state index in [1.165, 1.54) is 0 Å². The minimum Gasteiger partial charge on any atom is -0.332 e. The second-order valence-corrected chi connectivity index (χ2v) is 5.42. The van der Waals surface area contributed by atoms with Gasteiger partial charge in [-0.25, -0.2) is 0 Å². The van der Waals surface area contributed by atoms with Gasteiger partial charge >= 0.3 is 0 Å². The number of rotatable bonds is 6. The summed E-state index contributed by atoms with van der Waals surface area (Å²) in [4.78, 5) is 18.9. The highest BCUT2D eigenvalue weighted by atomic mass is 35.5. The molecule has 1 unspecified atom stereocenters. The number of carbonyl (C=O) groups is 1. The molecular formula is C18H24ClN3O. The van der Waals surface area contributed by atoms with Gasteiger partial charge in [-0.05, 0) is 31.0 Å². The number of nitrogens with two attached hydrogens (primary N) is 1. The third-order valence-electron chi connectivity index (χ3n) is 3.85. The summed E-state index contributed by atoms with van der Waals surface area (Å²) in [5, 5.41) is 0. The average Bonchev–Trinajstić information content (AvgIpc) is 2.59. The Labute approximate surface area is 144 Å². The summed E-state index contributed by atoms with van der Waals surface area (Å²) in [6.45, 7) is 5.11. The lowest BCUT2D eigenvalue weighted by molar-refractivity contribution is 0.0671. The maximum Gasteiger partial charge on any atom is 0.254 e. The van der Waals surface area contributed by atoms with Gasteiger partial charge in [0.05, 0.1) is 5.69 Å². The number of carbonyl (C=O) groups excluding carboxylic acids is 1. The van der Waals surface area contributed by atoms with Crippen LogP contribution in [0.25, 0.3) is 0 Å². The summed E-state index contributed by atoms with van der Waals surface area (Å²) < 4.78 is 0. The Hall–Kier alpha value is -1.91. The lowest BCUT2D eigenvalue weighted by atomic mass is 10.1. The first kappa shape index (κ1) is 19.1. The highest BCUT2D eigenvalue weighted by Gasteiger charge is 2.21. The SMILES string of the molecule is CCC(C)N(Cc1ccccc1)C(=O)c1ccnc(CN)c1.Cl. The molecule has 23 heavy (non-hydrogen) atoms. The fourth-order valence-electron chi connectivity index (χ4n) is 2.32. The van der Waals surface area contributed by atoms with Gasteiger partial charge < -0.3 is 10.6 Å². The highest BCUT2D eigenvalue weighted by Crippen LogP contribution is 2.15. The third kappa shape index (κ3) is 5.05. The van der Waals surface area contributed by atoms with Crippen LogP contribution in [0.1, 0.15) is 41.9 Å². The lowest BCUT2D eigenvalue weighted by Crippen LogP contribution is -2.37. The Morgan fingerprint density at radius 1 is 1.26 bits per heavy atom. The number of benzene rings is 1. The number of hydrogen-bond acceptors (Lipinski definition) is 3. The van der Waals surface area contributed by atoms with Crippen molar-refractivity contribution < 1.29 is 4.79 Å². The van der Waals surface area contributed by atoms with E-state index in [0.29, 0.717) is 18.7 Å². The molecule has 5 heteroatoms. The van der Waals surface area contributed by atoms with E-state index in [-0.39, 0.29) is 24.4 Å². The number of halogens is 1. The van der Waals surface area contributed by atoms with Crippen molar-refractivity contribution in [3.05, 3.63) is 65.5 Å². The highest BCUT2D eigenvalue weighted by molar-refractivity contribution is 5.94. The van der Waals surface area contributed by atoms with Crippen molar-refractivity contribution >= 4 is 18.3 Å². The standard InChI is InChI=1S/C18H23N3O.ClH/c1-3-14(2)21(13-15-7-5-4-6-8-15)18(22)16-9-10-20-17(11-16)12-19;/h4-11,14H,3,12-13,19H2,1-2H3;1H. The molecule has 1 atom stereocenters. The average molecular weight is 334 g/mol. The summed E-state index contributed by atoms with van der Waals surface area (Å²) in [7, 11) is 0. The van der Waals surface area contributed by atoms with E-state index in [4.69, 9.17) is 5.73 Å². The Balaban J connectivity index is 0.00000264. The van der Waals surface area contributed by atoms with E-state index in [1.54, 1.807) is 18.3 Å². The third-order valence-corrected chi connectivity index (χ3v) is 3.85. The van der Waals surface area contributed by atoms with Gasteiger partial charge in [-0.3, -0.25) is 9.78 Å². The zero-order chi connectivity index (χ0) is 15.9. The molecule has 0 aliphatic rings. The molecule has 1 heterocycles. The summed E-state index contributed by atoms with van der Waals surface area (Å²) in [5.41, 5.74) is 8.12. The molecule has 0 bridgehead atoms. The van der Waals surface area contributed by atoms with Crippen LogP contribution in [0.4, 0.5) is 0 Å². The van der Waals surface area contributed by atoms with Gasteiger partial charge in [-0.15, -0.1) is 12.4 Å². The molecule has 2 rings (SSSR count). The van der Waals surface area contributed by atoms with Gasteiger partial charge in [-0.1, -0.05) is 37.3 Å². The van der Waals surface area contributed by atoms with Crippen LogP contribution in [0.5, 0.6) is 0 Å². The first-order valence-corrected chi connectivity index (χ1v) is 7.65. The zero-order valence-electron chi connectivity index (χ0n) is 13.6. The van der Waals surface area contributed by atoms with E-state index in [2.05, 4.69) is 18.8 Å². The van der Waals surface area contributed by atoms with Gasteiger partial charge in [-0.2, -0.15) is 0 Å². The van der Waals surface area contributed by atoms with E-state index in [0.717, 1.165) is 17.7 Å². The van der Waals surface area contributed by atoms with Crippen molar-refractivity contribution in [2.24, 2.45) is 5.73 Å². The maximum atomic E-state index is 12.9. The molecular weight excluding hydrogens is 310 g/mol. The molecule has 0 saturated carbocycles. The van der Waals surface area contributed by atoms with Crippen LogP contribution in [-0.4, -0.2) is 21.8 Å². The van der Waals surface area contributed by atoms with Crippen LogP contribution in [0.2, 0.25) is 0 Å². The normalized spacial score (nSPS) is 11.4. The van der Waals surface area contributed by atoms with Crippen LogP contribution >= 0.6 is 12.4 Å². The van der Waals surface area contributed by atoms with E-state index >= 15 is 0 Å². The molecule has 0 fully saturated rings. The molecule has 1 aromatic carbocycles. The topological polar surface area (TPSA) is 59.2 Å². The molecule has 0 spiro atoms. The van der Waals surface area contributed by atoms with Crippen molar-refractivity contribution in [1.29, 1.82) is 0 Å². The predicted molar refractivity (Wildman–Crippen MR) is 95.4 cm³/mol. The second kappa shape index (κ2) is 9.28. The van der Waals surface area contributed by atoms with Crippen molar-refractivity contribution in [3.8, 4) is 0 Å². The summed E-state index contributed by atoms with van der Waals surface area (Å²) in [6, 6.07) is 13.8. The monoisotopic (exact) mass is 333 g/mol. The molecule has 0 aliphatic carbocycles. The smallest absolute Gasteiger partial charge is 0.254 e. The molecule has 1 amide bonds. The minimum absolute atomic E-state index is 0. The number of aromatic nitrogens is 1. The molecule has 4 nitrogen and oxygen atoms in total. The van der Waals surface area contributed by atoms with Crippen LogP contribution in [0, 0.1) is 0 Å². The quantitative estimate of drug-likeness (QED) is 0.881. The summed E-state index contributed by atoms with van der Waals surface area (Å²) in [5.74, 6) is 0.0234. The second-order valence-electron chi connectivity index (χ2n) is 5.42. The molecule has 0 saturated heterocycles. The molecule has 2 N–H and O–H groups in total. The number of amides is 1. The molecule has 1 aromatic heterocycles. The summed E-state index contributed by atoms with van der Waals surface area (Å²) >= 11 is 0. The Morgan fingerprint density at radius 3 is 2.57 bits per heavy atom. The Kier molecular flexibility index (Phi) is 7.72. The lowest BCUT2D eigenvalue weighted by Gasteiger charge is -2.29. The molecule has 124 valence electrons. The first-order valence-electron chi connectivity index (χ1n) is 7.65. The number of hydrogen-bond donors (Lipinski definition) is 1. The van der Waals surface area contributed by atoms with Crippen molar-refractivity contribution in [2.75, 3.05) is 0 Å². The summed E-state index contributed by atoms with van der Waals surface area (Å²) in [6.07, 6.45) is 2.56. The Morgan fingerprint density at radius 2 is 1.96 bits per heavy atom. The number of pyridine rings is 1. The van der Waals surface area contributed by atoms with E-state index in [1.807, 2.05) is 35.2 Å². The van der Waals surface area contributed by atoms with E-state index < -0.39 is 0 Å². The molecule has 0 aliphatic heterocycles.